The Hall–Kier alpha value is -4.09. The van der Waals surface area contributed by atoms with Crippen molar-refractivity contribution in [3.8, 4) is 11.5 Å². The highest BCUT2D eigenvalue weighted by atomic mass is 31.2. The van der Waals surface area contributed by atoms with Crippen molar-refractivity contribution < 1.29 is 4.57 Å². The van der Waals surface area contributed by atoms with Crippen LogP contribution in [0.1, 0.15) is 22.3 Å². The fourth-order valence-electron chi connectivity index (χ4n) is 4.11. The smallest absolute Gasteiger partial charge is 0.182 e. The number of hydrogen-bond acceptors (Lipinski definition) is 6. The van der Waals surface area contributed by atoms with E-state index in [0.717, 1.165) is 16.6 Å². The zero-order valence-electron chi connectivity index (χ0n) is 21.6. The van der Waals surface area contributed by atoms with Gasteiger partial charge in [0.1, 0.15) is 19.2 Å². The highest BCUT2D eigenvalue weighted by molar-refractivity contribution is 7.70. The molecule has 0 amide bonds. The number of imidazole rings is 1. The van der Waals surface area contributed by atoms with Crippen LogP contribution in [0.15, 0.2) is 67.1 Å². The fraction of sp³-hybridized carbons (Fsp3) is 0.172. The molecule has 0 atom stereocenters. The Kier molecular flexibility index (Phi) is 6.48. The Morgan fingerprint density at radius 2 is 1.62 bits per heavy atom. The summed E-state index contributed by atoms with van der Waals surface area (Å²) in [7, 11) is -2.33. The topological polar surface area (TPSA) is 85.6 Å². The number of hydrogen-bond donors (Lipinski definition) is 1. The number of aromatic nitrogens is 5. The average Bonchev–Trinajstić information content (AvgIpc) is 3.27. The van der Waals surface area contributed by atoms with Crippen LogP contribution in [-0.2, 0) is 4.57 Å². The zero-order chi connectivity index (χ0) is 26.2. The van der Waals surface area contributed by atoms with Crippen LogP contribution in [0.2, 0.25) is 0 Å². The lowest BCUT2D eigenvalue weighted by molar-refractivity contribution is 0.588. The average molecular weight is 509 g/mol. The second-order valence-corrected chi connectivity index (χ2v) is 12.8. The first-order chi connectivity index (χ1) is 17.7. The van der Waals surface area contributed by atoms with Crippen molar-refractivity contribution in [1.29, 1.82) is 0 Å². The van der Waals surface area contributed by atoms with E-state index in [1.165, 1.54) is 16.7 Å². The zero-order valence-corrected chi connectivity index (χ0v) is 22.5. The molecule has 0 aliphatic carbocycles. The molecule has 0 aliphatic heterocycles. The van der Waals surface area contributed by atoms with Crippen molar-refractivity contribution in [3.05, 3.63) is 89.4 Å². The third kappa shape index (κ3) is 5.23. The van der Waals surface area contributed by atoms with Gasteiger partial charge in [0.25, 0.3) is 0 Å². The molecule has 3 heterocycles. The van der Waals surface area contributed by atoms with Gasteiger partial charge in [-0.3, -0.25) is 9.55 Å². The van der Waals surface area contributed by atoms with Gasteiger partial charge < -0.3 is 9.88 Å². The third-order valence-electron chi connectivity index (χ3n) is 6.26. The molecule has 5 aromatic rings. The number of pyridine rings is 1. The molecule has 0 saturated carbocycles. The van der Waals surface area contributed by atoms with E-state index in [2.05, 4.69) is 53.4 Å². The molecule has 1 N–H and O–H groups in total. The molecule has 0 unspecified atom stereocenters. The number of aryl methyl sites for hydroxylation is 3. The molecular weight excluding hydrogens is 479 g/mol. The number of anilines is 2. The first-order valence-electron chi connectivity index (χ1n) is 12.0. The van der Waals surface area contributed by atoms with E-state index in [1.807, 2.05) is 54.1 Å². The summed E-state index contributed by atoms with van der Waals surface area (Å²) in [5.74, 6) is 1.07. The van der Waals surface area contributed by atoms with Crippen LogP contribution in [0.3, 0.4) is 0 Å². The molecule has 186 valence electrons. The standard InChI is InChI=1S/C29H29N6OP/c1-19-9-14-25(30-17-19)27-33-28(32-22-10-12-23(13-11-22)37(4,5)36)26-29(34-27)35(18-31-26)16-15-24-20(2)7-6-8-21(24)3/h6-18H,1-5H3,(H,32,33,34)/b16-15+. The maximum Gasteiger partial charge on any atom is 0.182 e. The molecule has 3 aromatic heterocycles. The van der Waals surface area contributed by atoms with Crippen LogP contribution in [0.4, 0.5) is 11.5 Å². The summed E-state index contributed by atoms with van der Waals surface area (Å²) in [4.78, 5) is 18.8. The van der Waals surface area contributed by atoms with Gasteiger partial charge in [-0.15, -0.1) is 0 Å². The lowest BCUT2D eigenvalue weighted by atomic mass is 10.0. The third-order valence-corrected chi connectivity index (χ3v) is 7.80. The van der Waals surface area contributed by atoms with Gasteiger partial charge in [-0.2, -0.15) is 0 Å². The number of rotatable bonds is 6. The van der Waals surface area contributed by atoms with Crippen LogP contribution < -0.4 is 10.6 Å². The van der Waals surface area contributed by atoms with Crippen molar-refractivity contribution in [2.45, 2.75) is 20.8 Å². The highest BCUT2D eigenvalue weighted by Crippen LogP contribution is 2.35. The molecule has 0 fully saturated rings. The minimum atomic E-state index is -2.33. The van der Waals surface area contributed by atoms with Crippen molar-refractivity contribution in [2.75, 3.05) is 18.6 Å². The Morgan fingerprint density at radius 1 is 0.892 bits per heavy atom. The largest absolute Gasteiger partial charge is 0.338 e. The molecule has 0 saturated heterocycles. The fourth-order valence-corrected chi connectivity index (χ4v) is 4.98. The summed E-state index contributed by atoms with van der Waals surface area (Å²) in [6.07, 6.45) is 7.61. The van der Waals surface area contributed by atoms with E-state index < -0.39 is 7.14 Å². The van der Waals surface area contributed by atoms with E-state index in [0.29, 0.717) is 28.5 Å². The predicted octanol–water partition coefficient (Wildman–Crippen LogP) is 6.43. The number of nitrogens with one attached hydrogen (secondary N) is 1. The maximum absolute atomic E-state index is 12.4. The van der Waals surface area contributed by atoms with E-state index in [9.17, 15) is 4.57 Å². The van der Waals surface area contributed by atoms with Crippen LogP contribution in [0, 0.1) is 20.8 Å². The SMILES string of the molecule is Cc1ccc(-c2nc(Nc3ccc(P(C)(C)=O)cc3)c3ncn(/C=C/c4c(C)cccc4C)c3n2)nc1. The molecule has 2 aromatic carbocycles. The van der Waals surface area contributed by atoms with Crippen molar-refractivity contribution >= 4 is 47.4 Å². The summed E-state index contributed by atoms with van der Waals surface area (Å²) < 4.78 is 14.3. The molecule has 7 nitrogen and oxygen atoms in total. The lowest BCUT2D eigenvalue weighted by Crippen LogP contribution is -2.04. The van der Waals surface area contributed by atoms with Crippen LogP contribution in [0.5, 0.6) is 0 Å². The lowest BCUT2D eigenvalue weighted by Gasteiger charge is -2.11. The van der Waals surface area contributed by atoms with Crippen molar-refractivity contribution in [1.82, 2.24) is 24.5 Å². The molecule has 0 aliphatic rings. The molecule has 5 rings (SSSR count). The summed E-state index contributed by atoms with van der Waals surface area (Å²) in [6.45, 7) is 9.73. The molecule has 37 heavy (non-hydrogen) atoms. The molecule has 0 bridgehead atoms. The van der Waals surface area contributed by atoms with E-state index in [4.69, 9.17) is 9.97 Å². The number of benzene rings is 2. The van der Waals surface area contributed by atoms with Gasteiger partial charge in [0.15, 0.2) is 22.8 Å². The second-order valence-electron chi connectivity index (χ2n) is 9.58. The van der Waals surface area contributed by atoms with Gasteiger partial charge in [0.2, 0.25) is 0 Å². The minimum absolute atomic E-state index is 0.500. The van der Waals surface area contributed by atoms with Crippen LogP contribution in [-0.4, -0.2) is 37.8 Å². The van der Waals surface area contributed by atoms with E-state index >= 15 is 0 Å². The summed E-state index contributed by atoms with van der Waals surface area (Å²) in [6, 6.07) is 17.8. The summed E-state index contributed by atoms with van der Waals surface area (Å²) in [5.41, 5.74) is 7.44. The molecule has 0 spiro atoms. The van der Waals surface area contributed by atoms with Crippen molar-refractivity contribution in [2.24, 2.45) is 0 Å². The highest BCUT2D eigenvalue weighted by Gasteiger charge is 2.16. The summed E-state index contributed by atoms with van der Waals surface area (Å²) in [5, 5.41) is 4.21. The first kappa shape index (κ1) is 24.6. The molecular formula is C29H29N6OP. The Balaban J connectivity index is 1.60. The number of nitrogens with zero attached hydrogens (tertiary/aromatic N) is 5. The van der Waals surface area contributed by atoms with E-state index in [-0.39, 0.29) is 0 Å². The normalized spacial score (nSPS) is 11.9. The summed E-state index contributed by atoms with van der Waals surface area (Å²) >= 11 is 0. The Bertz CT molecular complexity index is 1640. The Labute approximate surface area is 216 Å². The van der Waals surface area contributed by atoms with Crippen molar-refractivity contribution in [3.63, 3.8) is 0 Å². The molecule has 0 radical (unpaired) electrons. The van der Waals surface area contributed by atoms with Gasteiger partial charge >= 0.3 is 0 Å². The van der Waals surface area contributed by atoms with E-state index in [1.54, 1.807) is 25.9 Å². The van der Waals surface area contributed by atoms with Gasteiger partial charge in [-0.1, -0.05) is 24.3 Å². The van der Waals surface area contributed by atoms with Crippen LogP contribution >= 0.6 is 7.14 Å². The minimum Gasteiger partial charge on any atom is -0.338 e. The quantitative estimate of drug-likeness (QED) is 0.266. The second kappa shape index (κ2) is 9.75. The maximum atomic E-state index is 12.4. The molecule has 8 heteroatoms. The van der Waals surface area contributed by atoms with Gasteiger partial charge in [0.05, 0.1) is 0 Å². The Morgan fingerprint density at radius 3 is 2.27 bits per heavy atom. The van der Waals surface area contributed by atoms with Gasteiger partial charge in [-0.05, 0) is 92.8 Å². The van der Waals surface area contributed by atoms with Gasteiger partial charge in [-0.25, -0.2) is 15.0 Å². The number of fused-ring (bicyclic) bond motifs is 1. The first-order valence-corrected chi connectivity index (χ1v) is 14.6. The predicted molar refractivity (Wildman–Crippen MR) is 153 cm³/mol. The van der Waals surface area contributed by atoms with Gasteiger partial charge in [0, 0.05) is 23.4 Å². The van der Waals surface area contributed by atoms with Crippen LogP contribution in [0.25, 0.3) is 35.0 Å². The monoisotopic (exact) mass is 508 g/mol.